The molecule has 250 valence electrons. The minimum absolute atomic E-state index is 0.0221. The number of nitrogens with one attached hydrogen (secondary N) is 3. The molecule has 0 spiro atoms. The van der Waals surface area contributed by atoms with Crippen LogP contribution in [0, 0.1) is 5.41 Å². The highest BCUT2D eigenvalue weighted by molar-refractivity contribution is 6.35. The fraction of sp³-hybridized carbons (Fsp3) is 0.108. The molecule has 13 heteroatoms. The number of nitrogens with two attached hydrogens (primary N) is 1. The van der Waals surface area contributed by atoms with Crippen LogP contribution in [0.25, 0.3) is 43.6 Å². The van der Waals surface area contributed by atoms with E-state index in [1.54, 1.807) is 33.6 Å². The van der Waals surface area contributed by atoms with Gasteiger partial charge in [-0.2, -0.15) is 10.2 Å². The molecule has 0 fully saturated rings. The molecule has 0 saturated heterocycles. The fourth-order valence-electron chi connectivity index (χ4n) is 5.68. The fourth-order valence-corrected chi connectivity index (χ4v) is 5.91. The van der Waals surface area contributed by atoms with Gasteiger partial charge in [-0.3, -0.25) is 15.2 Å². The molecule has 4 heterocycles. The quantitative estimate of drug-likeness (QED) is 0.0723. The highest BCUT2D eigenvalue weighted by atomic mass is 35.5. The molecule has 0 aliphatic heterocycles. The van der Waals surface area contributed by atoms with Crippen molar-refractivity contribution in [3.05, 3.63) is 114 Å². The number of halogens is 1. The first kappa shape index (κ1) is 32.2. The minimum atomic E-state index is 0.0221. The van der Waals surface area contributed by atoms with E-state index in [2.05, 4.69) is 25.6 Å². The smallest absolute Gasteiger partial charge is 0.157 e. The third-order valence-corrected chi connectivity index (χ3v) is 8.48. The summed E-state index contributed by atoms with van der Waals surface area (Å²) >= 11 is 6.33. The lowest BCUT2D eigenvalue weighted by atomic mass is 10.1. The van der Waals surface area contributed by atoms with Crippen molar-refractivity contribution in [2.24, 2.45) is 5.73 Å². The molecule has 0 aliphatic rings. The Morgan fingerprint density at radius 2 is 1.48 bits per heavy atom. The molecule has 50 heavy (non-hydrogen) atoms. The number of pyridine rings is 2. The van der Waals surface area contributed by atoms with Crippen molar-refractivity contribution in [3.63, 3.8) is 0 Å². The number of hydrogen-bond donors (Lipinski definition) is 4. The molecule has 0 radical (unpaired) electrons. The highest BCUT2D eigenvalue weighted by Crippen LogP contribution is 2.33. The summed E-state index contributed by atoms with van der Waals surface area (Å²) in [4.78, 5) is 9.14. The molecular weight excluding hydrogens is 654 g/mol. The Hall–Kier alpha value is -6.40. The maximum Gasteiger partial charge on any atom is 0.157 e. The van der Waals surface area contributed by atoms with Crippen LogP contribution in [-0.4, -0.2) is 57.1 Å². The van der Waals surface area contributed by atoms with Gasteiger partial charge in [-0.05, 0) is 66.2 Å². The molecule has 0 saturated carbocycles. The second-order valence-electron chi connectivity index (χ2n) is 11.3. The number of aromatic nitrogens is 6. The van der Waals surface area contributed by atoms with E-state index in [-0.39, 0.29) is 5.84 Å². The molecule has 0 aliphatic carbocycles. The molecule has 0 bridgehead atoms. The van der Waals surface area contributed by atoms with Gasteiger partial charge < -0.3 is 25.3 Å². The summed E-state index contributed by atoms with van der Waals surface area (Å²) < 4.78 is 17.7. The first-order valence-corrected chi connectivity index (χ1v) is 15.9. The molecule has 0 unspecified atom stereocenters. The highest BCUT2D eigenvalue weighted by Gasteiger charge is 2.14. The number of fused-ring (bicyclic) bond motifs is 6. The molecule has 8 aromatic rings. The number of amidine groups is 1. The Morgan fingerprint density at radius 1 is 0.820 bits per heavy atom. The number of nitrogens with zero attached hydrogens (tertiary/aromatic N) is 5. The van der Waals surface area contributed by atoms with Crippen molar-refractivity contribution >= 4 is 72.6 Å². The van der Waals surface area contributed by atoms with Gasteiger partial charge in [0.05, 0.1) is 45.1 Å². The van der Waals surface area contributed by atoms with Gasteiger partial charge in [-0.15, -0.1) is 0 Å². The maximum absolute atomic E-state index is 7.57. The van der Waals surface area contributed by atoms with Gasteiger partial charge in [-0.1, -0.05) is 35.9 Å². The van der Waals surface area contributed by atoms with Crippen molar-refractivity contribution in [2.45, 2.75) is 6.54 Å². The van der Waals surface area contributed by atoms with Gasteiger partial charge >= 0.3 is 0 Å². The SMILES string of the molecule is COc1ccc(Cn2cc3c(n2)c(Cl)nc2ccc(OC)cc23)cc1.COc1ccc2nc(Nc3cccc(C(=N)N)c3)c3[nH]ncc3c2c1. The van der Waals surface area contributed by atoms with Crippen LogP contribution in [0.5, 0.6) is 17.2 Å². The summed E-state index contributed by atoms with van der Waals surface area (Å²) in [6, 6.07) is 26.7. The van der Waals surface area contributed by atoms with Crippen molar-refractivity contribution in [3.8, 4) is 17.2 Å². The van der Waals surface area contributed by atoms with Crippen molar-refractivity contribution in [1.29, 1.82) is 5.41 Å². The van der Waals surface area contributed by atoms with Crippen molar-refractivity contribution in [2.75, 3.05) is 26.6 Å². The van der Waals surface area contributed by atoms with Gasteiger partial charge in [0.2, 0.25) is 0 Å². The van der Waals surface area contributed by atoms with Gasteiger partial charge in [0.15, 0.2) is 11.0 Å². The van der Waals surface area contributed by atoms with E-state index in [0.717, 1.165) is 66.6 Å². The van der Waals surface area contributed by atoms with Crippen LogP contribution in [0.3, 0.4) is 0 Å². The number of ether oxygens (including phenoxy) is 3. The first-order valence-electron chi connectivity index (χ1n) is 15.5. The third kappa shape index (κ3) is 6.39. The summed E-state index contributed by atoms with van der Waals surface area (Å²) in [6.45, 7) is 0.639. The molecule has 12 nitrogen and oxygen atoms in total. The predicted octanol–water partition coefficient (Wildman–Crippen LogP) is 7.45. The molecule has 0 atom stereocenters. The summed E-state index contributed by atoms with van der Waals surface area (Å²) in [5.41, 5.74) is 11.3. The van der Waals surface area contributed by atoms with E-state index < -0.39 is 0 Å². The van der Waals surface area contributed by atoms with Crippen LogP contribution in [-0.2, 0) is 6.54 Å². The average molecular weight is 686 g/mol. The van der Waals surface area contributed by atoms with Crippen molar-refractivity contribution < 1.29 is 14.2 Å². The van der Waals surface area contributed by atoms with Crippen LogP contribution >= 0.6 is 11.6 Å². The molecule has 8 rings (SSSR count). The Morgan fingerprint density at radius 3 is 2.16 bits per heavy atom. The summed E-state index contributed by atoms with van der Waals surface area (Å²) in [5, 5.41) is 26.9. The largest absolute Gasteiger partial charge is 0.497 e. The Balaban J connectivity index is 0.000000157. The Labute approximate surface area is 291 Å². The lowest BCUT2D eigenvalue weighted by molar-refractivity contribution is 0.414. The number of aromatic amines is 1. The molecule has 4 aromatic carbocycles. The van der Waals surface area contributed by atoms with E-state index >= 15 is 0 Å². The number of nitrogen functional groups attached to an aromatic ring is 1. The Kier molecular flexibility index (Phi) is 8.75. The molecule has 5 N–H and O–H groups in total. The van der Waals surface area contributed by atoms with Gasteiger partial charge in [0, 0.05) is 39.0 Å². The third-order valence-electron chi connectivity index (χ3n) is 8.21. The number of benzene rings is 4. The monoisotopic (exact) mass is 685 g/mol. The summed E-state index contributed by atoms with van der Waals surface area (Å²) in [5.74, 6) is 3.06. The lowest BCUT2D eigenvalue weighted by Crippen LogP contribution is -2.11. The minimum Gasteiger partial charge on any atom is -0.497 e. The van der Waals surface area contributed by atoms with E-state index in [1.807, 2.05) is 89.7 Å². The first-order chi connectivity index (χ1) is 24.3. The zero-order valence-corrected chi connectivity index (χ0v) is 28.1. The van der Waals surface area contributed by atoms with E-state index in [1.165, 1.54) is 0 Å². The van der Waals surface area contributed by atoms with Crippen LogP contribution in [0.1, 0.15) is 11.1 Å². The zero-order valence-electron chi connectivity index (χ0n) is 27.4. The van der Waals surface area contributed by atoms with Crippen LogP contribution in [0.15, 0.2) is 97.3 Å². The standard InChI is InChI=1S/C19H16ClN3O2.C18H16N6O/c1-24-13-5-3-12(4-6-13)10-23-11-16-15-9-14(25-2)7-8-17(15)21-19(20)18(16)22-23;1-25-12-5-6-15-13(8-12)14-9-21-24-16(14)18(23-15)22-11-4-2-3-10(7-11)17(19)20/h3-9,11H,10H2,1-2H3;2-9H,1H3,(H3,19,20)(H,21,24)(H,22,23). The van der Waals surface area contributed by atoms with Gasteiger partial charge in [-0.25, -0.2) is 9.97 Å². The van der Waals surface area contributed by atoms with Crippen LogP contribution in [0.4, 0.5) is 11.5 Å². The number of hydrogen-bond acceptors (Lipinski definition) is 9. The van der Waals surface area contributed by atoms with Gasteiger partial charge in [0.1, 0.15) is 34.1 Å². The molecule has 0 amide bonds. The maximum atomic E-state index is 7.57. The number of H-pyrrole nitrogens is 1. The number of anilines is 2. The molecule has 4 aromatic heterocycles. The van der Waals surface area contributed by atoms with E-state index in [4.69, 9.17) is 41.9 Å². The molecular formula is C37H32ClN9O3. The second-order valence-corrected chi connectivity index (χ2v) is 11.7. The summed E-state index contributed by atoms with van der Waals surface area (Å²) in [6.07, 6.45) is 3.77. The van der Waals surface area contributed by atoms with Crippen LogP contribution < -0.4 is 25.3 Å². The van der Waals surface area contributed by atoms with E-state index in [0.29, 0.717) is 28.6 Å². The van der Waals surface area contributed by atoms with E-state index in [9.17, 15) is 0 Å². The predicted molar refractivity (Wildman–Crippen MR) is 197 cm³/mol. The number of methoxy groups -OCH3 is 3. The lowest BCUT2D eigenvalue weighted by Gasteiger charge is -2.10. The second kappa shape index (κ2) is 13.6. The average Bonchev–Trinajstić information content (AvgIpc) is 3.81. The summed E-state index contributed by atoms with van der Waals surface area (Å²) in [7, 11) is 4.94. The Bertz CT molecular complexity index is 2510. The topological polar surface area (TPSA) is 162 Å². The number of rotatable bonds is 8. The zero-order chi connectivity index (χ0) is 34.8. The van der Waals surface area contributed by atoms with Crippen LogP contribution in [0.2, 0.25) is 5.15 Å². The van der Waals surface area contributed by atoms with Gasteiger partial charge in [0.25, 0.3) is 0 Å². The van der Waals surface area contributed by atoms with Crippen molar-refractivity contribution in [1.82, 2.24) is 29.9 Å². The normalized spacial score (nSPS) is 11.0.